The van der Waals surface area contributed by atoms with Crippen LogP contribution in [-0.4, -0.2) is 28.0 Å². The van der Waals surface area contributed by atoms with Crippen LogP contribution in [0.3, 0.4) is 0 Å². The molecule has 31 heavy (non-hydrogen) atoms. The molecule has 6 nitrogen and oxygen atoms in total. The second kappa shape index (κ2) is 9.41. The minimum absolute atomic E-state index is 0.0727. The number of benzene rings is 3. The van der Waals surface area contributed by atoms with Crippen molar-refractivity contribution in [1.82, 2.24) is 4.90 Å². The van der Waals surface area contributed by atoms with Crippen molar-refractivity contribution in [1.29, 1.82) is 0 Å². The van der Waals surface area contributed by atoms with E-state index < -0.39 is 4.92 Å². The predicted molar refractivity (Wildman–Crippen MR) is 122 cm³/mol. The van der Waals surface area contributed by atoms with Crippen LogP contribution >= 0.6 is 23.4 Å². The minimum atomic E-state index is -0.533. The van der Waals surface area contributed by atoms with Gasteiger partial charge in [-0.25, -0.2) is 0 Å². The summed E-state index contributed by atoms with van der Waals surface area (Å²) in [5.41, 5.74) is 2.07. The van der Waals surface area contributed by atoms with Gasteiger partial charge in [-0.15, -0.1) is 11.8 Å². The predicted octanol–water partition coefficient (Wildman–Crippen LogP) is 5.72. The third-order valence-electron chi connectivity index (χ3n) is 4.97. The molecule has 1 fully saturated rings. The Balaban J connectivity index is 1.57. The topological polar surface area (TPSA) is 72.7 Å². The van der Waals surface area contributed by atoms with Crippen LogP contribution in [0.2, 0.25) is 5.02 Å². The highest BCUT2D eigenvalue weighted by atomic mass is 35.5. The molecular weight excluding hydrogens is 436 g/mol. The molecule has 0 N–H and O–H groups in total. The van der Waals surface area contributed by atoms with Gasteiger partial charge >= 0.3 is 0 Å². The molecule has 0 aromatic heterocycles. The molecule has 1 aliphatic heterocycles. The number of para-hydroxylation sites is 1. The van der Waals surface area contributed by atoms with Crippen LogP contribution in [0.1, 0.15) is 26.9 Å². The molecule has 1 atom stereocenters. The zero-order chi connectivity index (χ0) is 21.8. The zero-order valence-electron chi connectivity index (χ0n) is 16.4. The number of hydrogen-bond acceptors (Lipinski definition) is 5. The standard InChI is InChI=1S/C23H19ClN2O4S/c24-20-14-17(26(28)29)10-11-18(20)22(27)25-12-13-31-23(25)19-8-4-5-9-21(19)30-15-16-6-2-1-3-7-16/h1-11,14,23H,12-13,15H2. The van der Waals surface area contributed by atoms with E-state index in [1.165, 1.54) is 18.2 Å². The molecule has 1 aliphatic rings. The average Bonchev–Trinajstić information content (AvgIpc) is 3.28. The maximum atomic E-state index is 13.2. The lowest BCUT2D eigenvalue weighted by Crippen LogP contribution is -2.30. The van der Waals surface area contributed by atoms with E-state index in [1.807, 2.05) is 54.6 Å². The lowest BCUT2D eigenvalue weighted by atomic mass is 10.1. The van der Waals surface area contributed by atoms with Crippen LogP contribution in [-0.2, 0) is 6.61 Å². The van der Waals surface area contributed by atoms with Crippen LogP contribution in [0.15, 0.2) is 72.8 Å². The van der Waals surface area contributed by atoms with Crippen molar-refractivity contribution in [2.75, 3.05) is 12.3 Å². The van der Waals surface area contributed by atoms with E-state index in [4.69, 9.17) is 16.3 Å². The van der Waals surface area contributed by atoms with Crippen LogP contribution < -0.4 is 4.74 Å². The highest BCUT2D eigenvalue weighted by Crippen LogP contribution is 2.43. The van der Waals surface area contributed by atoms with Crippen molar-refractivity contribution < 1.29 is 14.5 Å². The Morgan fingerprint density at radius 3 is 2.61 bits per heavy atom. The zero-order valence-corrected chi connectivity index (χ0v) is 18.0. The summed E-state index contributed by atoms with van der Waals surface area (Å²) < 4.78 is 6.08. The number of nitro groups is 1. The van der Waals surface area contributed by atoms with Crippen molar-refractivity contribution in [2.24, 2.45) is 0 Å². The largest absolute Gasteiger partial charge is 0.489 e. The van der Waals surface area contributed by atoms with Crippen LogP contribution in [0.4, 0.5) is 5.69 Å². The van der Waals surface area contributed by atoms with Crippen molar-refractivity contribution in [2.45, 2.75) is 12.0 Å². The molecule has 1 saturated heterocycles. The number of ether oxygens (including phenoxy) is 1. The van der Waals surface area contributed by atoms with Crippen molar-refractivity contribution in [3.63, 3.8) is 0 Å². The van der Waals surface area contributed by atoms with Crippen LogP contribution in [0.5, 0.6) is 5.75 Å². The summed E-state index contributed by atoms with van der Waals surface area (Å²) in [4.78, 5) is 25.4. The van der Waals surface area contributed by atoms with E-state index in [-0.39, 0.29) is 27.6 Å². The van der Waals surface area contributed by atoms with Crippen LogP contribution in [0, 0.1) is 10.1 Å². The number of rotatable bonds is 6. The molecule has 1 heterocycles. The lowest BCUT2D eigenvalue weighted by Gasteiger charge is -2.26. The Morgan fingerprint density at radius 1 is 1.13 bits per heavy atom. The van der Waals surface area contributed by atoms with Crippen LogP contribution in [0.25, 0.3) is 0 Å². The van der Waals surface area contributed by atoms with E-state index in [0.717, 1.165) is 22.6 Å². The average molecular weight is 455 g/mol. The second-order valence-corrected chi connectivity index (χ2v) is 8.55. The molecule has 1 unspecified atom stereocenters. The molecule has 8 heteroatoms. The SMILES string of the molecule is O=C(c1ccc([N+](=O)[O-])cc1Cl)N1CCSC1c1ccccc1OCc1ccccc1. The van der Waals surface area contributed by atoms with E-state index >= 15 is 0 Å². The fraction of sp³-hybridized carbons (Fsp3) is 0.174. The number of non-ortho nitro benzene ring substituents is 1. The van der Waals surface area contributed by atoms with E-state index in [9.17, 15) is 14.9 Å². The third kappa shape index (κ3) is 4.68. The smallest absolute Gasteiger partial charge is 0.270 e. The minimum Gasteiger partial charge on any atom is -0.489 e. The Labute approximate surface area is 188 Å². The molecule has 3 aromatic carbocycles. The van der Waals surface area contributed by atoms with Gasteiger partial charge in [0.25, 0.3) is 11.6 Å². The maximum Gasteiger partial charge on any atom is 0.270 e. The third-order valence-corrected chi connectivity index (χ3v) is 6.52. The Morgan fingerprint density at radius 2 is 1.87 bits per heavy atom. The summed E-state index contributed by atoms with van der Waals surface area (Å²) in [5.74, 6) is 1.24. The first-order chi connectivity index (χ1) is 15.0. The van der Waals surface area contributed by atoms with Gasteiger partial charge in [-0.3, -0.25) is 14.9 Å². The monoisotopic (exact) mass is 454 g/mol. The number of thioether (sulfide) groups is 1. The van der Waals surface area contributed by atoms with Gasteiger partial charge in [0.1, 0.15) is 17.7 Å². The van der Waals surface area contributed by atoms with Crippen molar-refractivity contribution in [3.8, 4) is 5.75 Å². The quantitative estimate of drug-likeness (QED) is 0.352. The summed E-state index contributed by atoms with van der Waals surface area (Å²) in [6, 6.07) is 21.5. The van der Waals surface area contributed by atoms with Gasteiger partial charge in [0.05, 0.1) is 15.5 Å². The highest BCUT2D eigenvalue weighted by molar-refractivity contribution is 7.99. The summed E-state index contributed by atoms with van der Waals surface area (Å²) >= 11 is 7.86. The van der Waals surface area contributed by atoms with Gasteiger partial charge in [-0.05, 0) is 17.7 Å². The van der Waals surface area contributed by atoms with Crippen molar-refractivity contribution in [3.05, 3.63) is 105 Å². The molecule has 0 bridgehead atoms. The first kappa shape index (κ1) is 21.2. The molecule has 3 aromatic rings. The van der Waals surface area contributed by atoms with Gasteiger partial charge in [0.15, 0.2) is 0 Å². The summed E-state index contributed by atoms with van der Waals surface area (Å²) in [7, 11) is 0. The second-order valence-electron chi connectivity index (χ2n) is 6.96. The Hall–Kier alpha value is -3.03. The maximum absolute atomic E-state index is 13.2. The number of carbonyl (C=O) groups is 1. The number of halogens is 1. The van der Waals surface area contributed by atoms with E-state index in [0.29, 0.717) is 13.2 Å². The molecular formula is C23H19ClN2O4S. The summed E-state index contributed by atoms with van der Waals surface area (Å²) in [5, 5.41) is 10.8. The molecule has 158 valence electrons. The molecule has 1 amide bonds. The van der Waals surface area contributed by atoms with Gasteiger partial charge < -0.3 is 9.64 Å². The van der Waals surface area contributed by atoms with Gasteiger partial charge in [0, 0.05) is 30.0 Å². The van der Waals surface area contributed by atoms with Gasteiger partial charge in [-0.2, -0.15) is 0 Å². The number of hydrogen-bond donors (Lipinski definition) is 0. The van der Waals surface area contributed by atoms with E-state index in [1.54, 1.807) is 16.7 Å². The van der Waals surface area contributed by atoms with Gasteiger partial charge in [-0.1, -0.05) is 60.1 Å². The summed E-state index contributed by atoms with van der Waals surface area (Å²) in [6.45, 7) is 0.978. The van der Waals surface area contributed by atoms with Crippen molar-refractivity contribution >= 4 is 35.0 Å². The number of nitro benzene ring substituents is 1. The number of carbonyl (C=O) groups excluding carboxylic acids is 1. The highest BCUT2D eigenvalue weighted by Gasteiger charge is 2.34. The summed E-state index contributed by atoms with van der Waals surface area (Å²) in [6.07, 6.45) is 0. The molecule has 0 radical (unpaired) electrons. The fourth-order valence-corrected chi connectivity index (χ4v) is 4.97. The Bertz CT molecular complexity index is 1110. The Kier molecular flexibility index (Phi) is 6.44. The first-order valence-electron chi connectivity index (χ1n) is 9.67. The number of nitrogens with zero attached hydrogens (tertiary/aromatic N) is 2. The van der Waals surface area contributed by atoms with Gasteiger partial charge in [0.2, 0.25) is 0 Å². The number of amides is 1. The lowest BCUT2D eigenvalue weighted by molar-refractivity contribution is -0.384. The molecule has 4 rings (SSSR count). The molecule has 0 saturated carbocycles. The fourth-order valence-electron chi connectivity index (χ4n) is 3.43. The first-order valence-corrected chi connectivity index (χ1v) is 11.1. The normalized spacial score (nSPS) is 15.6. The molecule has 0 aliphatic carbocycles. The molecule has 0 spiro atoms. The van der Waals surface area contributed by atoms with E-state index in [2.05, 4.69) is 0 Å².